The van der Waals surface area contributed by atoms with Crippen LogP contribution in [0.5, 0.6) is 0 Å². The molecule has 2 N–H and O–H groups in total. The van der Waals surface area contributed by atoms with Gasteiger partial charge in [0.15, 0.2) is 6.10 Å². The lowest BCUT2D eigenvalue weighted by molar-refractivity contribution is -0.207. The second kappa shape index (κ2) is 5.53. The van der Waals surface area contributed by atoms with Crippen LogP contribution in [0.25, 0.3) is 11.3 Å². The van der Waals surface area contributed by atoms with Crippen LogP contribution in [-0.4, -0.2) is 27.3 Å². The number of aromatic carboxylic acids is 1. The lowest BCUT2D eigenvalue weighted by Gasteiger charge is -2.14. The third-order valence-electron chi connectivity index (χ3n) is 2.77. The van der Waals surface area contributed by atoms with Gasteiger partial charge in [-0.15, -0.1) is 0 Å². The van der Waals surface area contributed by atoms with E-state index in [1.807, 2.05) is 0 Å². The van der Waals surface area contributed by atoms with E-state index < -0.39 is 23.9 Å². The largest absolute Gasteiger partial charge is 0.478 e. The Hall–Kier alpha value is -2.41. The molecule has 0 aliphatic heterocycles. The van der Waals surface area contributed by atoms with Gasteiger partial charge in [-0.3, -0.25) is 0 Å². The Morgan fingerprint density at radius 1 is 1.14 bits per heavy atom. The zero-order chi connectivity index (χ0) is 15.6. The minimum absolute atomic E-state index is 0.00364. The molecule has 1 heterocycles. The fourth-order valence-corrected chi connectivity index (χ4v) is 1.74. The fourth-order valence-electron chi connectivity index (χ4n) is 1.74. The van der Waals surface area contributed by atoms with Crippen molar-refractivity contribution >= 4 is 5.97 Å². The topological polar surface area (TPSA) is 70.4 Å². The van der Waals surface area contributed by atoms with Gasteiger partial charge >= 0.3 is 12.1 Å². The second-order valence-corrected chi connectivity index (χ2v) is 4.28. The first-order valence-electron chi connectivity index (χ1n) is 5.84. The van der Waals surface area contributed by atoms with Crippen LogP contribution < -0.4 is 0 Å². The molecule has 110 valence electrons. The highest BCUT2D eigenvalue weighted by Crippen LogP contribution is 2.32. The van der Waals surface area contributed by atoms with Crippen molar-refractivity contribution in [1.82, 2.24) is 4.98 Å². The van der Waals surface area contributed by atoms with Crippen LogP contribution in [0.1, 0.15) is 22.2 Å². The standard InChI is InChI=1S/C14H10F3NO3/c15-14(16,17)12(19)11-6-2-5-10(18-11)8-3-1-4-9(7-8)13(20)21/h1-7,12,19H,(H,20,21). The lowest BCUT2D eigenvalue weighted by atomic mass is 10.1. The number of aliphatic hydroxyl groups is 1. The summed E-state index contributed by atoms with van der Waals surface area (Å²) in [6.45, 7) is 0. The summed E-state index contributed by atoms with van der Waals surface area (Å²) in [5.41, 5.74) is -0.0400. The molecule has 0 bridgehead atoms. The smallest absolute Gasteiger partial charge is 0.420 e. The molecule has 0 aliphatic carbocycles. The Balaban J connectivity index is 2.42. The van der Waals surface area contributed by atoms with E-state index in [1.165, 1.54) is 36.4 Å². The van der Waals surface area contributed by atoms with E-state index in [0.29, 0.717) is 5.56 Å². The molecule has 0 fully saturated rings. The van der Waals surface area contributed by atoms with Crippen molar-refractivity contribution < 1.29 is 28.2 Å². The number of aliphatic hydroxyl groups excluding tert-OH is 1. The summed E-state index contributed by atoms with van der Waals surface area (Å²) in [4.78, 5) is 14.6. The predicted octanol–water partition coefficient (Wildman–Crippen LogP) is 3.04. The average Bonchev–Trinajstić information content (AvgIpc) is 2.45. The maximum Gasteiger partial charge on any atom is 0.420 e. The molecule has 0 aliphatic rings. The fraction of sp³-hybridized carbons (Fsp3) is 0.143. The van der Waals surface area contributed by atoms with Gasteiger partial charge in [-0.25, -0.2) is 9.78 Å². The van der Waals surface area contributed by atoms with Crippen LogP contribution in [0.15, 0.2) is 42.5 Å². The SMILES string of the molecule is O=C(O)c1cccc(-c2cccc(C(O)C(F)(F)F)n2)c1. The highest BCUT2D eigenvalue weighted by molar-refractivity contribution is 5.89. The Labute approximate surface area is 117 Å². The van der Waals surface area contributed by atoms with Crippen LogP contribution in [0, 0.1) is 0 Å². The average molecular weight is 297 g/mol. The number of carbonyl (C=O) groups is 1. The highest BCUT2D eigenvalue weighted by Gasteiger charge is 2.40. The minimum atomic E-state index is -4.81. The molecule has 2 rings (SSSR count). The summed E-state index contributed by atoms with van der Waals surface area (Å²) in [5, 5.41) is 18.1. The Kier molecular flexibility index (Phi) is 3.95. The van der Waals surface area contributed by atoms with Crippen LogP contribution in [0.4, 0.5) is 13.2 Å². The number of benzene rings is 1. The monoisotopic (exact) mass is 297 g/mol. The number of alkyl halides is 3. The predicted molar refractivity (Wildman–Crippen MR) is 67.6 cm³/mol. The molecule has 1 atom stereocenters. The molecule has 21 heavy (non-hydrogen) atoms. The Bertz CT molecular complexity index is 671. The zero-order valence-electron chi connectivity index (χ0n) is 10.5. The summed E-state index contributed by atoms with van der Waals surface area (Å²) in [6, 6.07) is 9.47. The van der Waals surface area contributed by atoms with E-state index in [0.717, 1.165) is 6.07 Å². The number of carboxylic acid groups (broad SMARTS) is 1. The van der Waals surface area contributed by atoms with Gasteiger partial charge in [0, 0.05) is 5.56 Å². The van der Waals surface area contributed by atoms with Gasteiger partial charge in [-0.1, -0.05) is 18.2 Å². The molecule has 0 amide bonds. The molecule has 1 aromatic carbocycles. The number of pyridine rings is 1. The molecule has 1 unspecified atom stereocenters. The van der Waals surface area contributed by atoms with Crippen molar-refractivity contribution in [3.8, 4) is 11.3 Å². The third kappa shape index (κ3) is 3.38. The first-order chi connectivity index (χ1) is 9.79. The Morgan fingerprint density at radius 3 is 2.43 bits per heavy atom. The normalized spacial score (nSPS) is 13.0. The highest BCUT2D eigenvalue weighted by atomic mass is 19.4. The van der Waals surface area contributed by atoms with Crippen molar-refractivity contribution in [2.24, 2.45) is 0 Å². The van der Waals surface area contributed by atoms with Gasteiger partial charge < -0.3 is 10.2 Å². The molecule has 0 spiro atoms. The molecular weight excluding hydrogens is 287 g/mol. The number of rotatable bonds is 3. The first kappa shape index (κ1) is 15.0. The van der Waals surface area contributed by atoms with Crippen LogP contribution >= 0.6 is 0 Å². The van der Waals surface area contributed by atoms with Crippen molar-refractivity contribution in [2.45, 2.75) is 12.3 Å². The van der Waals surface area contributed by atoms with Crippen LogP contribution in [0.2, 0.25) is 0 Å². The van der Waals surface area contributed by atoms with Gasteiger partial charge in [0.05, 0.1) is 17.0 Å². The zero-order valence-corrected chi connectivity index (χ0v) is 10.5. The minimum Gasteiger partial charge on any atom is -0.478 e. The summed E-state index contributed by atoms with van der Waals surface area (Å²) in [7, 11) is 0. The molecule has 0 saturated carbocycles. The van der Waals surface area contributed by atoms with Gasteiger partial charge in [-0.2, -0.15) is 13.2 Å². The molecule has 4 nitrogen and oxygen atoms in total. The number of aromatic nitrogens is 1. The lowest BCUT2D eigenvalue weighted by Crippen LogP contribution is -2.21. The molecule has 2 aromatic rings. The van der Waals surface area contributed by atoms with E-state index in [9.17, 15) is 23.1 Å². The number of hydrogen-bond acceptors (Lipinski definition) is 3. The van der Waals surface area contributed by atoms with Crippen molar-refractivity contribution in [3.63, 3.8) is 0 Å². The molecule has 1 aromatic heterocycles. The van der Waals surface area contributed by atoms with Gasteiger partial charge in [0.1, 0.15) is 0 Å². The number of hydrogen-bond donors (Lipinski definition) is 2. The number of halogens is 3. The summed E-state index contributed by atoms with van der Waals surface area (Å²) in [5.74, 6) is -1.15. The van der Waals surface area contributed by atoms with Crippen molar-refractivity contribution in [2.75, 3.05) is 0 Å². The van der Waals surface area contributed by atoms with Crippen molar-refractivity contribution in [3.05, 3.63) is 53.7 Å². The molecule has 7 heteroatoms. The van der Waals surface area contributed by atoms with Crippen molar-refractivity contribution in [1.29, 1.82) is 0 Å². The maximum atomic E-state index is 12.5. The Morgan fingerprint density at radius 2 is 1.81 bits per heavy atom. The van der Waals surface area contributed by atoms with Gasteiger partial charge in [0.2, 0.25) is 0 Å². The summed E-state index contributed by atoms with van der Waals surface area (Å²) < 4.78 is 37.4. The van der Waals surface area contributed by atoms with Crippen LogP contribution in [-0.2, 0) is 0 Å². The first-order valence-corrected chi connectivity index (χ1v) is 5.84. The van der Waals surface area contributed by atoms with Crippen LogP contribution in [0.3, 0.4) is 0 Å². The van der Waals surface area contributed by atoms with E-state index >= 15 is 0 Å². The van der Waals surface area contributed by atoms with E-state index in [4.69, 9.17) is 5.11 Å². The summed E-state index contributed by atoms with van der Waals surface area (Å²) >= 11 is 0. The number of nitrogens with zero attached hydrogens (tertiary/aromatic N) is 1. The third-order valence-corrected chi connectivity index (χ3v) is 2.77. The quantitative estimate of drug-likeness (QED) is 0.913. The van der Waals surface area contributed by atoms with E-state index in [1.54, 1.807) is 0 Å². The molecular formula is C14H10F3NO3. The molecule has 0 saturated heterocycles. The second-order valence-electron chi connectivity index (χ2n) is 4.28. The summed E-state index contributed by atoms with van der Waals surface area (Å²) in [6.07, 6.45) is -7.49. The maximum absolute atomic E-state index is 12.5. The van der Waals surface area contributed by atoms with E-state index in [2.05, 4.69) is 4.98 Å². The molecule has 0 radical (unpaired) electrons. The van der Waals surface area contributed by atoms with Gasteiger partial charge in [-0.05, 0) is 24.3 Å². The van der Waals surface area contributed by atoms with E-state index in [-0.39, 0.29) is 11.3 Å². The number of carboxylic acids is 1. The van der Waals surface area contributed by atoms with Gasteiger partial charge in [0.25, 0.3) is 0 Å².